The first-order valence-electron chi connectivity index (χ1n) is 5.29. The van der Waals surface area contributed by atoms with Crippen molar-refractivity contribution in [3.63, 3.8) is 0 Å². The number of hydrogen-bond acceptors (Lipinski definition) is 4. The zero-order valence-electron chi connectivity index (χ0n) is 9.68. The van der Waals surface area contributed by atoms with Crippen LogP contribution in [0, 0.1) is 6.92 Å². The molecular weight excluding hydrogens is 218 g/mol. The molecule has 5 heteroatoms. The summed E-state index contributed by atoms with van der Waals surface area (Å²) in [6, 6.07) is 3.68. The number of nitrogens with zero attached hydrogens (tertiary/aromatic N) is 2. The molecule has 17 heavy (non-hydrogen) atoms. The summed E-state index contributed by atoms with van der Waals surface area (Å²) in [4.78, 5) is 15.8. The molecule has 1 N–H and O–H groups in total. The molecule has 0 aliphatic heterocycles. The second-order valence-electron chi connectivity index (χ2n) is 3.72. The minimum absolute atomic E-state index is 0.328. The molecule has 2 aromatic heterocycles. The molecule has 0 saturated heterocycles. The van der Waals surface area contributed by atoms with Crippen LogP contribution < -0.4 is 0 Å². The second kappa shape index (κ2) is 4.78. The van der Waals surface area contributed by atoms with Crippen molar-refractivity contribution in [2.45, 2.75) is 20.0 Å². The van der Waals surface area contributed by atoms with Gasteiger partial charge in [0.15, 0.2) is 0 Å². The maximum Gasteiger partial charge on any atom is 0.342 e. The maximum atomic E-state index is 11.8. The maximum absolute atomic E-state index is 11.8. The highest BCUT2D eigenvalue weighted by Gasteiger charge is 2.16. The van der Waals surface area contributed by atoms with Crippen molar-refractivity contribution >= 4 is 5.97 Å². The van der Waals surface area contributed by atoms with Crippen LogP contribution in [0.4, 0.5) is 0 Å². The van der Waals surface area contributed by atoms with E-state index in [0.717, 1.165) is 5.56 Å². The number of hydrogen-bond donors (Lipinski definition) is 1. The van der Waals surface area contributed by atoms with E-state index in [4.69, 9.17) is 4.74 Å². The van der Waals surface area contributed by atoms with Gasteiger partial charge >= 0.3 is 5.97 Å². The topological polar surface area (TPSA) is 67.9 Å². The number of rotatable bonds is 3. The first-order valence-corrected chi connectivity index (χ1v) is 5.29. The number of esters is 1. The number of carbonyl (C=O) groups excluding carboxylic acids is 1. The van der Waals surface area contributed by atoms with E-state index in [9.17, 15) is 4.79 Å². The van der Waals surface area contributed by atoms with Crippen LogP contribution in [-0.4, -0.2) is 21.2 Å². The standard InChI is InChI=1S/C12H13N3O2/c1-8-11(7-14-15-8)12(16)17-9(2)10-4-3-5-13-6-10/h3-7,9H,1-2H3,(H,14,15). The van der Waals surface area contributed by atoms with Crippen LogP contribution in [0.25, 0.3) is 0 Å². The Labute approximate surface area is 98.8 Å². The molecule has 0 amide bonds. The molecule has 0 fully saturated rings. The van der Waals surface area contributed by atoms with Crippen molar-refractivity contribution < 1.29 is 9.53 Å². The third kappa shape index (κ3) is 2.50. The molecule has 0 bridgehead atoms. The minimum Gasteiger partial charge on any atom is -0.454 e. The van der Waals surface area contributed by atoms with Gasteiger partial charge < -0.3 is 4.74 Å². The third-order valence-electron chi connectivity index (χ3n) is 2.49. The zero-order chi connectivity index (χ0) is 12.3. The lowest BCUT2D eigenvalue weighted by atomic mass is 10.2. The van der Waals surface area contributed by atoms with E-state index in [2.05, 4.69) is 15.2 Å². The summed E-state index contributed by atoms with van der Waals surface area (Å²) < 4.78 is 5.32. The lowest BCUT2D eigenvalue weighted by Crippen LogP contribution is -2.09. The van der Waals surface area contributed by atoms with Gasteiger partial charge in [0.05, 0.1) is 5.69 Å². The van der Waals surface area contributed by atoms with Crippen LogP contribution in [0.2, 0.25) is 0 Å². The molecule has 0 aliphatic rings. The third-order valence-corrected chi connectivity index (χ3v) is 2.49. The van der Waals surface area contributed by atoms with Gasteiger partial charge in [0.1, 0.15) is 11.7 Å². The number of carbonyl (C=O) groups is 1. The number of pyridine rings is 1. The molecule has 2 aromatic rings. The van der Waals surface area contributed by atoms with Crippen molar-refractivity contribution in [1.29, 1.82) is 0 Å². The predicted molar refractivity (Wildman–Crippen MR) is 61.4 cm³/mol. The largest absolute Gasteiger partial charge is 0.454 e. The summed E-state index contributed by atoms with van der Waals surface area (Å²) in [5.74, 6) is -0.382. The van der Waals surface area contributed by atoms with Crippen molar-refractivity contribution in [2.24, 2.45) is 0 Å². The molecule has 0 aromatic carbocycles. The lowest BCUT2D eigenvalue weighted by molar-refractivity contribution is 0.0336. The number of H-pyrrole nitrogens is 1. The average Bonchev–Trinajstić information content (AvgIpc) is 2.76. The molecule has 2 rings (SSSR count). The second-order valence-corrected chi connectivity index (χ2v) is 3.72. The highest BCUT2D eigenvalue weighted by Crippen LogP contribution is 2.17. The van der Waals surface area contributed by atoms with Crippen LogP contribution in [0.5, 0.6) is 0 Å². The normalized spacial score (nSPS) is 12.1. The molecule has 0 aliphatic carbocycles. The Morgan fingerprint density at radius 3 is 2.94 bits per heavy atom. The number of ether oxygens (including phenoxy) is 1. The first kappa shape index (κ1) is 11.3. The summed E-state index contributed by atoms with van der Waals surface area (Å²) >= 11 is 0. The van der Waals surface area contributed by atoms with Crippen molar-refractivity contribution in [2.75, 3.05) is 0 Å². The molecule has 1 unspecified atom stereocenters. The Morgan fingerprint density at radius 1 is 1.53 bits per heavy atom. The summed E-state index contributed by atoms with van der Waals surface area (Å²) in [5.41, 5.74) is 1.95. The minimum atomic E-state index is -0.382. The summed E-state index contributed by atoms with van der Waals surface area (Å²) in [5, 5.41) is 6.51. The van der Waals surface area contributed by atoms with Gasteiger partial charge in [-0.15, -0.1) is 0 Å². The van der Waals surface area contributed by atoms with Crippen molar-refractivity contribution in [3.05, 3.63) is 47.5 Å². The zero-order valence-corrected chi connectivity index (χ0v) is 9.68. The molecule has 0 radical (unpaired) electrons. The highest BCUT2D eigenvalue weighted by molar-refractivity contribution is 5.90. The number of aryl methyl sites for hydroxylation is 1. The van der Waals surface area contributed by atoms with Gasteiger partial charge in [-0.2, -0.15) is 5.10 Å². The molecule has 1 atom stereocenters. The van der Waals surface area contributed by atoms with Gasteiger partial charge in [0, 0.05) is 24.2 Å². The smallest absolute Gasteiger partial charge is 0.342 e. The lowest BCUT2D eigenvalue weighted by Gasteiger charge is -2.12. The fourth-order valence-electron chi connectivity index (χ4n) is 1.47. The summed E-state index contributed by atoms with van der Waals surface area (Å²) in [6.07, 6.45) is 4.57. The van der Waals surface area contributed by atoms with E-state index < -0.39 is 0 Å². The Hall–Kier alpha value is -2.17. The van der Waals surface area contributed by atoms with Gasteiger partial charge in [-0.05, 0) is 19.9 Å². The Balaban J connectivity index is 2.08. The van der Waals surface area contributed by atoms with Crippen LogP contribution in [0.3, 0.4) is 0 Å². The Morgan fingerprint density at radius 2 is 2.35 bits per heavy atom. The van der Waals surface area contributed by atoms with Crippen LogP contribution in [0.1, 0.15) is 34.6 Å². The molecule has 88 valence electrons. The van der Waals surface area contributed by atoms with Crippen LogP contribution in [-0.2, 0) is 4.74 Å². The number of aromatic nitrogens is 3. The monoisotopic (exact) mass is 231 g/mol. The van der Waals surface area contributed by atoms with Crippen LogP contribution >= 0.6 is 0 Å². The Bertz CT molecular complexity index is 507. The molecule has 2 heterocycles. The summed E-state index contributed by atoms with van der Waals surface area (Å²) in [7, 11) is 0. The van der Waals surface area contributed by atoms with Gasteiger partial charge in [-0.1, -0.05) is 6.07 Å². The van der Waals surface area contributed by atoms with E-state index in [1.807, 2.05) is 19.1 Å². The number of aromatic amines is 1. The highest BCUT2D eigenvalue weighted by atomic mass is 16.5. The van der Waals surface area contributed by atoms with E-state index in [1.165, 1.54) is 6.20 Å². The fourth-order valence-corrected chi connectivity index (χ4v) is 1.47. The van der Waals surface area contributed by atoms with E-state index in [0.29, 0.717) is 11.3 Å². The molecule has 0 spiro atoms. The van der Waals surface area contributed by atoms with Gasteiger partial charge in [-0.25, -0.2) is 4.79 Å². The summed E-state index contributed by atoms with van der Waals surface area (Å²) in [6.45, 7) is 3.56. The number of nitrogens with one attached hydrogen (secondary N) is 1. The molecular formula is C12H13N3O2. The van der Waals surface area contributed by atoms with E-state index >= 15 is 0 Å². The van der Waals surface area contributed by atoms with Crippen molar-refractivity contribution in [1.82, 2.24) is 15.2 Å². The van der Waals surface area contributed by atoms with E-state index in [-0.39, 0.29) is 12.1 Å². The van der Waals surface area contributed by atoms with Crippen LogP contribution in [0.15, 0.2) is 30.7 Å². The average molecular weight is 231 g/mol. The van der Waals surface area contributed by atoms with Gasteiger partial charge in [0.2, 0.25) is 0 Å². The predicted octanol–water partition coefficient (Wildman–Crippen LogP) is 2.03. The van der Waals surface area contributed by atoms with Gasteiger partial charge in [-0.3, -0.25) is 10.1 Å². The van der Waals surface area contributed by atoms with Crippen molar-refractivity contribution in [3.8, 4) is 0 Å². The molecule has 0 saturated carbocycles. The quantitative estimate of drug-likeness (QED) is 0.821. The van der Waals surface area contributed by atoms with E-state index in [1.54, 1.807) is 19.3 Å². The fraction of sp³-hybridized carbons (Fsp3) is 0.250. The first-order chi connectivity index (χ1) is 8.18. The molecule has 5 nitrogen and oxygen atoms in total. The van der Waals surface area contributed by atoms with Gasteiger partial charge in [0.25, 0.3) is 0 Å². The SMILES string of the molecule is Cc1n[nH]cc1C(=O)OC(C)c1cccnc1. The Kier molecular flexibility index (Phi) is 3.18.